The zero-order valence-electron chi connectivity index (χ0n) is 16.9. The van der Waals surface area contributed by atoms with Crippen molar-refractivity contribution in [3.05, 3.63) is 76.7 Å². The maximum absolute atomic E-state index is 14.6. The molecule has 0 amide bonds. The predicted octanol–water partition coefficient (Wildman–Crippen LogP) is 6.60. The third-order valence-corrected chi connectivity index (χ3v) is 5.40. The summed E-state index contributed by atoms with van der Waals surface area (Å²) in [7, 11) is 0. The van der Waals surface area contributed by atoms with Crippen molar-refractivity contribution in [1.82, 2.24) is 4.98 Å². The first-order valence-electron chi connectivity index (χ1n) is 9.95. The van der Waals surface area contributed by atoms with Crippen LogP contribution in [0.5, 0.6) is 0 Å². The van der Waals surface area contributed by atoms with Gasteiger partial charge >= 0.3 is 0 Å². The molecule has 1 atom stereocenters. The largest absolute Gasteiger partial charge is 0.378 e. The second-order valence-corrected chi connectivity index (χ2v) is 7.51. The van der Waals surface area contributed by atoms with E-state index < -0.39 is 23.8 Å². The van der Waals surface area contributed by atoms with Gasteiger partial charge in [0.05, 0.1) is 30.3 Å². The number of fused-ring (bicyclic) bond motifs is 1. The van der Waals surface area contributed by atoms with E-state index in [2.05, 4.69) is 22.4 Å². The summed E-state index contributed by atoms with van der Waals surface area (Å²) < 4.78 is 46.2. The molecule has 1 aliphatic heterocycles. The lowest BCUT2D eigenvalue weighted by atomic mass is 9.98. The Bertz CT molecular complexity index is 1110. The monoisotopic (exact) mass is 412 g/mol. The molecule has 3 nitrogen and oxygen atoms in total. The fraction of sp³-hybridized carbons (Fsp3) is 0.292. The van der Waals surface area contributed by atoms with Crippen LogP contribution >= 0.6 is 0 Å². The lowest BCUT2D eigenvalue weighted by molar-refractivity contribution is 0.146. The molecule has 0 aliphatic carbocycles. The second-order valence-electron chi connectivity index (χ2n) is 7.51. The van der Waals surface area contributed by atoms with Crippen LogP contribution in [0.2, 0.25) is 0 Å². The van der Waals surface area contributed by atoms with Gasteiger partial charge in [-0.15, -0.1) is 0 Å². The Kier molecular flexibility index (Phi) is 5.77. The molecule has 0 radical (unpaired) electrons. The normalized spacial score (nSPS) is 15.3. The van der Waals surface area contributed by atoms with Crippen molar-refractivity contribution < 1.29 is 17.9 Å². The van der Waals surface area contributed by atoms with Crippen molar-refractivity contribution in [2.75, 3.05) is 18.5 Å². The molecule has 3 aromatic rings. The van der Waals surface area contributed by atoms with Crippen LogP contribution in [0.3, 0.4) is 0 Å². The average Bonchev–Trinajstić information content (AvgIpc) is 2.74. The summed E-state index contributed by atoms with van der Waals surface area (Å²) in [5.41, 5.74) is 4.38. The van der Waals surface area contributed by atoms with Crippen LogP contribution in [0.1, 0.15) is 48.2 Å². The Hall–Kier alpha value is -2.86. The number of alkyl halides is 2. The fourth-order valence-electron chi connectivity index (χ4n) is 3.85. The summed E-state index contributed by atoms with van der Waals surface area (Å²) in [6.45, 7) is 4.95. The molecule has 1 N–H and O–H groups in total. The molecule has 0 saturated carbocycles. The van der Waals surface area contributed by atoms with Crippen LogP contribution in [0, 0.1) is 12.7 Å². The van der Waals surface area contributed by atoms with Gasteiger partial charge in [0.1, 0.15) is 5.82 Å². The Morgan fingerprint density at radius 2 is 1.90 bits per heavy atom. The quantitative estimate of drug-likeness (QED) is 0.513. The zero-order chi connectivity index (χ0) is 21.3. The molecule has 6 heteroatoms. The SMILES string of the molecule is Cc1cc(N[C@H](C)c2cccc(C(F)F)c2F)c2cc(C3=CCOCC3)ccc2n1. The Morgan fingerprint density at radius 1 is 1.10 bits per heavy atom. The molecule has 2 heterocycles. The smallest absolute Gasteiger partial charge is 0.266 e. The topological polar surface area (TPSA) is 34.1 Å². The van der Waals surface area contributed by atoms with Crippen LogP contribution in [-0.2, 0) is 4.74 Å². The second kappa shape index (κ2) is 8.48. The van der Waals surface area contributed by atoms with E-state index in [-0.39, 0.29) is 5.56 Å². The minimum atomic E-state index is -2.85. The number of nitrogens with zero attached hydrogens (tertiary/aromatic N) is 1. The molecule has 0 unspecified atom stereocenters. The lowest BCUT2D eigenvalue weighted by Crippen LogP contribution is -2.11. The number of hydrogen-bond donors (Lipinski definition) is 1. The third-order valence-electron chi connectivity index (χ3n) is 5.40. The van der Waals surface area contributed by atoms with E-state index in [0.717, 1.165) is 40.3 Å². The van der Waals surface area contributed by atoms with Gasteiger partial charge in [0.25, 0.3) is 6.43 Å². The van der Waals surface area contributed by atoms with E-state index in [0.29, 0.717) is 13.2 Å². The van der Waals surface area contributed by atoms with Gasteiger partial charge < -0.3 is 10.1 Å². The highest BCUT2D eigenvalue weighted by atomic mass is 19.3. The van der Waals surface area contributed by atoms with E-state index in [1.165, 1.54) is 17.7 Å². The number of rotatable bonds is 5. The lowest BCUT2D eigenvalue weighted by Gasteiger charge is -2.20. The van der Waals surface area contributed by atoms with Crippen LogP contribution in [-0.4, -0.2) is 18.2 Å². The number of benzene rings is 2. The fourth-order valence-corrected chi connectivity index (χ4v) is 3.85. The maximum Gasteiger partial charge on any atom is 0.266 e. The van der Waals surface area contributed by atoms with E-state index in [1.807, 2.05) is 25.1 Å². The predicted molar refractivity (Wildman–Crippen MR) is 113 cm³/mol. The first-order chi connectivity index (χ1) is 14.4. The highest BCUT2D eigenvalue weighted by molar-refractivity contribution is 5.94. The molecular weight excluding hydrogens is 389 g/mol. The molecule has 156 valence electrons. The number of nitrogens with one attached hydrogen (secondary N) is 1. The molecule has 1 aliphatic rings. The van der Waals surface area contributed by atoms with E-state index in [1.54, 1.807) is 6.92 Å². The number of ether oxygens (including phenoxy) is 1. The zero-order valence-corrected chi connectivity index (χ0v) is 16.9. The maximum atomic E-state index is 14.6. The van der Waals surface area contributed by atoms with Gasteiger partial charge in [-0.1, -0.05) is 30.3 Å². The number of hydrogen-bond acceptors (Lipinski definition) is 3. The molecule has 30 heavy (non-hydrogen) atoms. The summed E-state index contributed by atoms with van der Waals surface area (Å²) in [6.07, 6.45) is 0.0690. The van der Waals surface area contributed by atoms with Crippen molar-refractivity contribution in [2.45, 2.75) is 32.7 Å². The molecule has 1 aromatic heterocycles. The first-order valence-corrected chi connectivity index (χ1v) is 9.95. The van der Waals surface area contributed by atoms with Gasteiger partial charge in [0.15, 0.2) is 0 Å². The Morgan fingerprint density at radius 3 is 2.63 bits per heavy atom. The van der Waals surface area contributed by atoms with Gasteiger partial charge in [-0.2, -0.15) is 0 Å². The minimum Gasteiger partial charge on any atom is -0.378 e. The van der Waals surface area contributed by atoms with Gasteiger partial charge in [0.2, 0.25) is 0 Å². The number of pyridine rings is 1. The Balaban J connectivity index is 1.73. The Labute approximate surface area is 173 Å². The van der Waals surface area contributed by atoms with Crippen molar-refractivity contribution >= 4 is 22.2 Å². The molecule has 4 rings (SSSR count). The van der Waals surface area contributed by atoms with Crippen LogP contribution in [0.25, 0.3) is 16.5 Å². The van der Waals surface area contributed by atoms with Crippen molar-refractivity contribution in [1.29, 1.82) is 0 Å². The van der Waals surface area contributed by atoms with Crippen LogP contribution in [0.15, 0.2) is 48.5 Å². The van der Waals surface area contributed by atoms with E-state index in [9.17, 15) is 13.2 Å². The van der Waals surface area contributed by atoms with Crippen LogP contribution < -0.4 is 5.32 Å². The number of anilines is 1. The summed E-state index contributed by atoms with van der Waals surface area (Å²) in [4.78, 5) is 4.60. The number of aryl methyl sites for hydroxylation is 1. The van der Waals surface area contributed by atoms with E-state index >= 15 is 0 Å². The van der Waals surface area contributed by atoms with Crippen LogP contribution in [0.4, 0.5) is 18.9 Å². The molecule has 0 saturated heterocycles. The summed E-state index contributed by atoms with van der Waals surface area (Å²) in [6, 6.07) is 11.6. The molecule has 2 aromatic carbocycles. The minimum absolute atomic E-state index is 0.207. The van der Waals surface area contributed by atoms with Gasteiger partial charge in [-0.05, 0) is 49.6 Å². The summed E-state index contributed by atoms with van der Waals surface area (Å²) in [5.74, 6) is -0.865. The molecule has 0 bridgehead atoms. The average molecular weight is 412 g/mol. The standard InChI is InChI=1S/C24H23F3N2O/c1-14-12-22(29-15(2)18-4-3-5-19(23(18)25)24(26)27)20-13-17(6-7-21(20)28-14)16-8-10-30-11-9-16/h3-8,12-13,15,24H,9-11H2,1-2H3,(H,28,29)/t15-/m1/s1. The highest BCUT2D eigenvalue weighted by Crippen LogP contribution is 2.33. The third kappa shape index (κ3) is 4.05. The summed E-state index contributed by atoms with van der Waals surface area (Å²) >= 11 is 0. The van der Waals surface area contributed by atoms with Crippen molar-refractivity contribution in [2.24, 2.45) is 0 Å². The highest BCUT2D eigenvalue weighted by Gasteiger charge is 2.20. The summed E-state index contributed by atoms with van der Waals surface area (Å²) in [5, 5.41) is 4.22. The van der Waals surface area contributed by atoms with Gasteiger partial charge in [-0.3, -0.25) is 4.98 Å². The molecule has 0 fully saturated rings. The van der Waals surface area contributed by atoms with Crippen molar-refractivity contribution in [3.8, 4) is 0 Å². The molecule has 0 spiro atoms. The number of aromatic nitrogens is 1. The molecular formula is C24H23F3N2O. The first kappa shape index (κ1) is 20.4. The number of halogens is 3. The van der Waals surface area contributed by atoms with Gasteiger partial charge in [-0.25, -0.2) is 13.2 Å². The van der Waals surface area contributed by atoms with Crippen molar-refractivity contribution in [3.63, 3.8) is 0 Å². The van der Waals surface area contributed by atoms with E-state index in [4.69, 9.17) is 4.74 Å². The van der Waals surface area contributed by atoms with Gasteiger partial charge in [0, 0.05) is 22.3 Å².